The van der Waals surface area contributed by atoms with Crippen molar-refractivity contribution in [2.45, 2.75) is 123 Å². The fourth-order valence-electron chi connectivity index (χ4n) is 7.58. The molecular formula is C45H54Br2O8S3. The zero-order valence-corrected chi connectivity index (χ0v) is 40.3. The third kappa shape index (κ3) is 11.9. The summed E-state index contributed by atoms with van der Waals surface area (Å²) in [5.41, 5.74) is 7.02. The van der Waals surface area contributed by atoms with Gasteiger partial charge in [0.2, 0.25) is 0 Å². The second-order valence-corrected chi connectivity index (χ2v) is 21.4. The quantitative estimate of drug-likeness (QED) is 0.114. The zero-order chi connectivity index (χ0) is 42.4. The normalized spacial score (nSPS) is 26.9. The van der Waals surface area contributed by atoms with Gasteiger partial charge in [0.1, 0.15) is 18.3 Å². The minimum Gasteiger partial charge on any atom is -0.461 e. The van der Waals surface area contributed by atoms with Crippen LogP contribution in [0.15, 0.2) is 68.2 Å². The van der Waals surface area contributed by atoms with Gasteiger partial charge in [-0.15, -0.1) is 22.7 Å². The van der Waals surface area contributed by atoms with E-state index in [0.29, 0.717) is 0 Å². The van der Waals surface area contributed by atoms with Crippen molar-refractivity contribution in [3.8, 4) is 0 Å². The molecule has 58 heavy (non-hydrogen) atoms. The number of carbonyl (C=O) groups excluding carboxylic acids is 3. The highest BCUT2D eigenvalue weighted by Crippen LogP contribution is 2.43. The average molecular weight is 979 g/mol. The number of rotatable bonds is 10. The van der Waals surface area contributed by atoms with Crippen molar-refractivity contribution in [3.63, 3.8) is 0 Å². The minimum atomic E-state index is -0.705. The molecule has 0 N–H and O–H groups in total. The number of hydrogen-bond acceptors (Lipinski definition) is 11. The van der Waals surface area contributed by atoms with E-state index in [-0.39, 0.29) is 47.5 Å². The lowest BCUT2D eigenvalue weighted by molar-refractivity contribution is -0.222. The molecule has 13 heteroatoms. The van der Waals surface area contributed by atoms with Gasteiger partial charge in [-0.25, -0.2) is 0 Å². The summed E-state index contributed by atoms with van der Waals surface area (Å²) in [5.74, 6) is -1.00. The predicted molar refractivity (Wildman–Crippen MR) is 241 cm³/mol. The van der Waals surface area contributed by atoms with Gasteiger partial charge in [-0.2, -0.15) is 11.8 Å². The number of ether oxygens (including phenoxy) is 5. The molecule has 0 bridgehead atoms. The molecule has 0 radical (unpaired) electrons. The molecule has 2 aromatic carbocycles. The summed E-state index contributed by atoms with van der Waals surface area (Å²) < 4.78 is 31.9. The van der Waals surface area contributed by atoms with Crippen molar-refractivity contribution in [1.29, 1.82) is 0 Å². The first-order valence-corrected chi connectivity index (χ1v) is 24.0. The number of esters is 3. The van der Waals surface area contributed by atoms with Gasteiger partial charge in [0.15, 0.2) is 6.10 Å². The van der Waals surface area contributed by atoms with E-state index in [4.69, 9.17) is 23.7 Å². The highest BCUT2D eigenvalue weighted by Gasteiger charge is 2.47. The second-order valence-electron chi connectivity index (χ2n) is 15.3. The van der Waals surface area contributed by atoms with Crippen LogP contribution >= 0.6 is 66.3 Å². The van der Waals surface area contributed by atoms with Crippen molar-refractivity contribution in [2.24, 2.45) is 11.8 Å². The van der Waals surface area contributed by atoms with E-state index in [1.54, 1.807) is 34.4 Å². The van der Waals surface area contributed by atoms with E-state index in [2.05, 4.69) is 114 Å². The van der Waals surface area contributed by atoms with Gasteiger partial charge in [-0.1, -0.05) is 50.2 Å². The number of benzene rings is 2. The number of hydrogen-bond donors (Lipinski definition) is 0. The first-order valence-electron chi connectivity index (χ1n) is 19.5. The Bertz CT molecular complexity index is 2050. The maximum Gasteiger partial charge on any atom is 0.303 e. The predicted octanol–water partition coefficient (Wildman–Crippen LogP) is 11.5. The smallest absolute Gasteiger partial charge is 0.303 e. The van der Waals surface area contributed by atoms with Crippen LogP contribution < -0.4 is 0 Å². The Morgan fingerprint density at radius 2 is 1.03 bits per heavy atom. The van der Waals surface area contributed by atoms with Crippen LogP contribution in [0.1, 0.15) is 104 Å². The summed E-state index contributed by atoms with van der Waals surface area (Å²) in [4.78, 5) is 37.9. The second kappa shape index (κ2) is 20.8. The third-order valence-electron chi connectivity index (χ3n) is 11.1. The molecule has 2 unspecified atom stereocenters. The fourth-order valence-corrected chi connectivity index (χ4v) is 11.6. The number of carbonyl (C=O) groups is 3. The number of thiophene rings is 2. The zero-order valence-electron chi connectivity index (χ0n) is 34.7. The summed E-state index contributed by atoms with van der Waals surface area (Å²) in [6.45, 7) is 16.5. The molecule has 2 aliphatic heterocycles. The summed E-state index contributed by atoms with van der Waals surface area (Å²) in [5, 5.41) is 0.0709. The lowest BCUT2D eigenvalue weighted by Gasteiger charge is -2.44. The van der Waals surface area contributed by atoms with E-state index in [9.17, 15) is 14.4 Å². The Labute approximate surface area is 372 Å². The van der Waals surface area contributed by atoms with Crippen molar-refractivity contribution in [3.05, 3.63) is 111 Å². The summed E-state index contributed by atoms with van der Waals surface area (Å²) in [6.07, 6.45) is 1.60. The Morgan fingerprint density at radius 1 is 0.621 bits per heavy atom. The Hall–Kier alpha value is -2.52. The van der Waals surface area contributed by atoms with Crippen LogP contribution in [0.25, 0.3) is 0 Å². The van der Waals surface area contributed by atoms with Gasteiger partial charge < -0.3 is 23.7 Å². The van der Waals surface area contributed by atoms with Gasteiger partial charge in [-0.3, -0.25) is 14.4 Å². The van der Waals surface area contributed by atoms with Crippen molar-refractivity contribution in [2.75, 3.05) is 6.26 Å². The van der Waals surface area contributed by atoms with E-state index >= 15 is 0 Å². The van der Waals surface area contributed by atoms with Crippen molar-refractivity contribution >= 4 is 84.2 Å². The SMILES string of the molecule is CC(=O)O[C@H]1[C@H](C)[C@@H](C)OC(c2ccc(C)c(Cc3ccc(Br)s3)c2)[C@@H]1OC(C)=O.CS[C@H]1C(c2ccc(C)c(Cc3ccc(Br)s3)c2)O[C@H](C)[C@@H](C)[C@@H]1OC(C)=O. The van der Waals surface area contributed by atoms with Crippen LogP contribution in [0, 0.1) is 25.7 Å². The standard InChI is InChI=1S/C23H27BrO5S.C22H27BrO3S2/c1-12-6-7-17(10-18(12)11-19-8-9-20(24)30-19)22-23(29-16(5)26)21(28-15(4)25)13(2)14(3)27-22;1-12-6-7-16(10-17(12)11-18-8-9-19(23)28-18)21-22(27-5)20(26-15(4)24)13(2)14(3)25-21/h6-10,13-14,21-23H,11H2,1-5H3;6-10,13-14,20-22H,11H2,1-5H3/t13-,14-,21+,22?,23-;13-,14-,20+,21?,22-/m11/s1. The van der Waals surface area contributed by atoms with Crippen molar-refractivity contribution < 1.29 is 38.1 Å². The van der Waals surface area contributed by atoms with E-state index < -0.39 is 30.3 Å². The lowest BCUT2D eigenvalue weighted by Crippen LogP contribution is -2.52. The molecule has 0 saturated carbocycles. The molecule has 10 atom stereocenters. The number of thioether (sulfide) groups is 1. The van der Waals surface area contributed by atoms with E-state index in [0.717, 1.165) is 31.5 Å². The van der Waals surface area contributed by atoms with E-state index in [1.807, 2.05) is 26.0 Å². The van der Waals surface area contributed by atoms with Gasteiger partial charge in [0.25, 0.3) is 0 Å². The summed E-state index contributed by atoms with van der Waals surface area (Å²) in [7, 11) is 0. The molecule has 314 valence electrons. The third-order valence-corrected chi connectivity index (χ3v) is 15.4. The first kappa shape index (κ1) is 46.5. The van der Waals surface area contributed by atoms with Gasteiger partial charge >= 0.3 is 17.9 Å². The Morgan fingerprint density at radius 3 is 1.47 bits per heavy atom. The molecule has 4 aromatic rings. The van der Waals surface area contributed by atoms with Crippen LogP contribution in [-0.2, 0) is 50.9 Å². The molecule has 0 spiro atoms. The lowest BCUT2D eigenvalue weighted by atomic mass is 9.85. The van der Waals surface area contributed by atoms with Crippen LogP contribution in [0.3, 0.4) is 0 Å². The minimum absolute atomic E-state index is 0.0238. The molecule has 4 heterocycles. The van der Waals surface area contributed by atoms with Crippen LogP contribution in [0.5, 0.6) is 0 Å². The Kier molecular flexibility index (Phi) is 16.7. The molecule has 0 amide bonds. The van der Waals surface area contributed by atoms with Crippen LogP contribution in [-0.4, -0.2) is 59.9 Å². The fraction of sp³-hybridized carbons (Fsp3) is 0.489. The first-order chi connectivity index (χ1) is 27.4. The average Bonchev–Trinajstić information content (AvgIpc) is 3.77. The highest BCUT2D eigenvalue weighted by molar-refractivity contribution is 9.11. The summed E-state index contributed by atoms with van der Waals surface area (Å²) in [6, 6.07) is 21.2. The van der Waals surface area contributed by atoms with Crippen LogP contribution in [0.4, 0.5) is 0 Å². The topological polar surface area (TPSA) is 97.4 Å². The molecule has 2 aliphatic rings. The monoisotopic (exact) mass is 976 g/mol. The molecule has 8 nitrogen and oxygen atoms in total. The molecule has 6 rings (SSSR count). The number of aryl methyl sites for hydroxylation is 2. The maximum absolute atomic E-state index is 11.9. The van der Waals surface area contributed by atoms with E-state index in [1.165, 1.54) is 52.8 Å². The van der Waals surface area contributed by atoms with Gasteiger partial charge in [0, 0.05) is 55.2 Å². The molecular weight excluding hydrogens is 924 g/mol. The van der Waals surface area contributed by atoms with Gasteiger partial charge in [-0.05, 0) is 123 Å². The maximum atomic E-state index is 11.9. The largest absolute Gasteiger partial charge is 0.461 e. The van der Waals surface area contributed by atoms with Gasteiger partial charge in [0.05, 0.1) is 31.1 Å². The summed E-state index contributed by atoms with van der Waals surface area (Å²) >= 11 is 12.3. The molecule has 0 aliphatic carbocycles. The highest BCUT2D eigenvalue weighted by atomic mass is 79.9. The molecule has 2 aromatic heterocycles. The molecule has 2 fully saturated rings. The Balaban J connectivity index is 0.000000221. The van der Waals surface area contributed by atoms with Crippen molar-refractivity contribution in [1.82, 2.24) is 0 Å². The number of halogens is 2. The molecule has 2 saturated heterocycles. The van der Waals surface area contributed by atoms with Crippen LogP contribution in [0.2, 0.25) is 0 Å².